The van der Waals surface area contributed by atoms with Crippen LogP contribution in [0.5, 0.6) is 0 Å². The van der Waals surface area contributed by atoms with E-state index in [-0.39, 0.29) is 16.5 Å². The molecule has 0 fully saturated rings. The van der Waals surface area contributed by atoms with Gasteiger partial charge in [-0.1, -0.05) is 23.4 Å². The van der Waals surface area contributed by atoms with Gasteiger partial charge in [-0.15, -0.1) is 0 Å². The van der Waals surface area contributed by atoms with Gasteiger partial charge in [-0.3, -0.25) is 0 Å². The van der Waals surface area contributed by atoms with Crippen LogP contribution in [0.1, 0.15) is 5.56 Å². The van der Waals surface area contributed by atoms with Crippen LogP contribution in [0.4, 0.5) is 0 Å². The van der Waals surface area contributed by atoms with Crippen LogP contribution in [-0.4, -0.2) is 44.9 Å². The molecule has 4 nitrogen and oxygen atoms in total. The molecule has 0 aliphatic rings. The van der Waals surface area contributed by atoms with E-state index in [1.54, 1.807) is 30.9 Å². The summed E-state index contributed by atoms with van der Waals surface area (Å²) in [5.41, 5.74) is 5.93. The number of benzene rings is 1. The maximum Gasteiger partial charge on any atom is 0.244 e. The molecular weight excluding hydrogens is 316 g/mol. The van der Waals surface area contributed by atoms with Gasteiger partial charge in [-0.2, -0.15) is 11.8 Å². The van der Waals surface area contributed by atoms with Crippen LogP contribution in [-0.2, 0) is 10.0 Å². The second kappa shape index (κ2) is 7.91. The summed E-state index contributed by atoms with van der Waals surface area (Å²) in [7, 11) is -2.02. The van der Waals surface area contributed by atoms with Gasteiger partial charge in [0, 0.05) is 24.9 Å². The maximum absolute atomic E-state index is 12.4. The highest BCUT2D eigenvalue weighted by molar-refractivity contribution is 7.98. The van der Waals surface area contributed by atoms with E-state index in [0.29, 0.717) is 12.1 Å². The lowest BCUT2D eigenvalue weighted by molar-refractivity contribution is 0.488. The summed E-state index contributed by atoms with van der Waals surface area (Å²) in [4.78, 5) is 0.0982. The first-order chi connectivity index (χ1) is 9.43. The van der Waals surface area contributed by atoms with Crippen LogP contribution >= 0.6 is 23.4 Å². The quantitative estimate of drug-likeness (QED) is 0.832. The van der Waals surface area contributed by atoms with Crippen molar-refractivity contribution in [3.05, 3.63) is 28.8 Å². The third kappa shape index (κ3) is 4.40. The molecule has 1 rings (SSSR count). The average Bonchev–Trinajstić information content (AvgIpc) is 2.42. The fraction of sp³-hybridized carbons (Fsp3) is 0.385. The van der Waals surface area contributed by atoms with E-state index in [9.17, 15) is 8.42 Å². The number of hydrogen-bond donors (Lipinski definition) is 1. The fourth-order valence-electron chi connectivity index (χ4n) is 1.45. The molecule has 0 radical (unpaired) electrons. The molecule has 0 bridgehead atoms. The Balaban J connectivity index is 3.07. The van der Waals surface area contributed by atoms with E-state index >= 15 is 0 Å². The van der Waals surface area contributed by atoms with Gasteiger partial charge in [-0.25, -0.2) is 12.7 Å². The molecule has 0 aliphatic heterocycles. The summed E-state index contributed by atoms with van der Waals surface area (Å²) in [6, 6.07) is 4.65. The minimum absolute atomic E-state index is 0.0982. The van der Waals surface area contributed by atoms with Crippen molar-refractivity contribution in [2.45, 2.75) is 4.90 Å². The normalized spacial score (nSPS) is 11.2. The molecule has 110 valence electrons. The molecule has 0 saturated heterocycles. The van der Waals surface area contributed by atoms with Crippen LogP contribution in [0.2, 0.25) is 5.02 Å². The monoisotopic (exact) mass is 332 g/mol. The van der Waals surface area contributed by atoms with Gasteiger partial charge in [0.25, 0.3) is 0 Å². The number of rotatable bonds is 5. The van der Waals surface area contributed by atoms with E-state index in [1.807, 2.05) is 6.26 Å². The van der Waals surface area contributed by atoms with Crippen molar-refractivity contribution in [1.82, 2.24) is 4.31 Å². The Morgan fingerprint density at radius 1 is 1.45 bits per heavy atom. The highest BCUT2D eigenvalue weighted by Gasteiger charge is 2.23. The lowest BCUT2D eigenvalue weighted by Crippen LogP contribution is -2.29. The molecule has 0 spiro atoms. The lowest BCUT2D eigenvalue weighted by atomic mass is 10.2. The Labute approximate surface area is 129 Å². The third-order valence-corrected chi connectivity index (χ3v) is 5.50. The van der Waals surface area contributed by atoms with Crippen molar-refractivity contribution in [1.29, 1.82) is 0 Å². The van der Waals surface area contributed by atoms with Crippen LogP contribution in [0, 0.1) is 11.8 Å². The molecule has 0 amide bonds. The van der Waals surface area contributed by atoms with Crippen LogP contribution < -0.4 is 5.73 Å². The summed E-state index contributed by atoms with van der Waals surface area (Å²) in [6.07, 6.45) is 1.93. The standard InChI is InChI=1S/C13H17ClN2O2S2/c1-16(8-9-19-2)20(17,18)13-6-5-11(4-3-7-15)10-12(13)14/h5-6,10H,7-9,15H2,1-2H3. The van der Waals surface area contributed by atoms with Gasteiger partial charge in [0.1, 0.15) is 4.90 Å². The maximum atomic E-state index is 12.4. The number of sulfonamides is 1. The van der Waals surface area contributed by atoms with E-state index in [1.165, 1.54) is 10.4 Å². The molecule has 0 aromatic heterocycles. The summed E-state index contributed by atoms with van der Waals surface area (Å²) in [6.45, 7) is 0.684. The number of hydrogen-bond acceptors (Lipinski definition) is 4. The van der Waals surface area contributed by atoms with Gasteiger partial charge in [0.2, 0.25) is 10.0 Å². The molecule has 2 N–H and O–H groups in total. The van der Waals surface area contributed by atoms with Crippen molar-refractivity contribution >= 4 is 33.4 Å². The number of halogens is 1. The molecular formula is C13H17ClN2O2S2. The molecule has 0 aliphatic carbocycles. The number of nitrogens with zero attached hydrogens (tertiary/aromatic N) is 1. The first kappa shape index (κ1) is 17.3. The first-order valence-electron chi connectivity index (χ1n) is 5.87. The second-order valence-electron chi connectivity index (χ2n) is 3.97. The van der Waals surface area contributed by atoms with E-state index in [0.717, 1.165) is 5.75 Å². The number of nitrogens with two attached hydrogens (primary N) is 1. The Hall–Kier alpha value is -0.710. The Morgan fingerprint density at radius 2 is 2.15 bits per heavy atom. The van der Waals surface area contributed by atoms with E-state index in [2.05, 4.69) is 11.8 Å². The highest BCUT2D eigenvalue weighted by atomic mass is 35.5. The van der Waals surface area contributed by atoms with E-state index in [4.69, 9.17) is 17.3 Å². The summed E-state index contributed by atoms with van der Waals surface area (Å²) in [5.74, 6) is 6.24. The molecule has 7 heteroatoms. The zero-order valence-corrected chi connectivity index (χ0v) is 13.8. The summed E-state index contributed by atoms with van der Waals surface area (Å²) in [5, 5.41) is 0.171. The topological polar surface area (TPSA) is 63.4 Å². The Bertz CT molecular complexity index is 621. The largest absolute Gasteiger partial charge is 0.320 e. The second-order valence-corrected chi connectivity index (χ2v) is 7.38. The van der Waals surface area contributed by atoms with Gasteiger partial charge in [-0.05, 0) is 24.5 Å². The summed E-state index contributed by atoms with van der Waals surface area (Å²) >= 11 is 7.65. The van der Waals surface area contributed by atoms with Crippen LogP contribution in [0.15, 0.2) is 23.1 Å². The predicted octanol–water partition coefficient (Wildman–Crippen LogP) is 1.63. The van der Waals surface area contributed by atoms with Crippen LogP contribution in [0.3, 0.4) is 0 Å². The first-order valence-corrected chi connectivity index (χ1v) is 9.08. The SMILES string of the molecule is CSCCN(C)S(=O)(=O)c1ccc(C#CCN)cc1Cl. The molecule has 20 heavy (non-hydrogen) atoms. The predicted molar refractivity (Wildman–Crippen MR) is 85.6 cm³/mol. The lowest BCUT2D eigenvalue weighted by Gasteiger charge is -2.17. The van der Waals surface area contributed by atoms with Crippen molar-refractivity contribution in [2.75, 3.05) is 32.1 Å². The smallest absolute Gasteiger partial charge is 0.244 e. The van der Waals surface area contributed by atoms with Crippen molar-refractivity contribution in [3.8, 4) is 11.8 Å². The molecule has 0 unspecified atom stereocenters. The Kier molecular flexibility index (Phi) is 6.86. The molecule has 0 saturated carbocycles. The minimum atomic E-state index is -3.56. The van der Waals surface area contributed by atoms with Gasteiger partial charge >= 0.3 is 0 Å². The highest BCUT2D eigenvalue weighted by Crippen LogP contribution is 2.25. The molecule has 1 aromatic carbocycles. The van der Waals surface area contributed by atoms with Crippen molar-refractivity contribution < 1.29 is 8.42 Å². The van der Waals surface area contributed by atoms with Gasteiger partial charge in [0.15, 0.2) is 0 Å². The van der Waals surface area contributed by atoms with E-state index < -0.39 is 10.0 Å². The molecule has 0 heterocycles. The number of thioether (sulfide) groups is 1. The van der Waals surface area contributed by atoms with Crippen molar-refractivity contribution in [2.24, 2.45) is 5.73 Å². The zero-order chi connectivity index (χ0) is 15.2. The average molecular weight is 333 g/mol. The van der Waals surface area contributed by atoms with Crippen LogP contribution in [0.25, 0.3) is 0 Å². The fourth-order valence-corrected chi connectivity index (χ4v) is 3.71. The zero-order valence-electron chi connectivity index (χ0n) is 11.4. The molecule has 1 aromatic rings. The summed E-state index contributed by atoms with van der Waals surface area (Å²) < 4.78 is 26.0. The van der Waals surface area contributed by atoms with Gasteiger partial charge in [0.05, 0.1) is 11.6 Å². The third-order valence-electron chi connectivity index (χ3n) is 2.57. The van der Waals surface area contributed by atoms with Crippen molar-refractivity contribution in [3.63, 3.8) is 0 Å². The minimum Gasteiger partial charge on any atom is -0.320 e. The molecule has 0 atom stereocenters. The Morgan fingerprint density at radius 3 is 2.70 bits per heavy atom. The van der Waals surface area contributed by atoms with Gasteiger partial charge < -0.3 is 5.73 Å².